The van der Waals surface area contributed by atoms with Crippen LogP contribution in [0.3, 0.4) is 0 Å². The van der Waals surface area contributed by atoms with Gasteiger partial charge in [0, 0.05) is 24.2 Å². The molecule has 1 saturated heterocycles. The quantitative estimate of drug-likeness (QED) is 0.861. The molecule has 1 N–H and O–H groups in total. The van der Waals surface area contributed by atoms with Gasteiger partial charge in [-0.2, -0.15) is 5.26 Å². The summed E-state index contributed by atoms with van der Waals surface area (Å²) in [6.45, 7) is 4.64. The minimum Gasteiger partial charge on any atom is -0.364 e. The van der Waals surface area contributed by atoms with Gasteiger partial charge in [-0.05, 0) is 54.7 Å². The highest BCUT2D eigenvalue weighted by atomic mass is 32.2. The molecule has 2 heterocycles. The Morgan fingerprint density at radius 1 is 1.18 bits per heavy atom. The third kappa shape index (κ3) is 3.30. The van der Waals surface area contributed by atoms with E-state index in [0.29, 0.717) is 5.56 Å². The van der Waals surface area contributed by atoms with Crippen molar-refractivity contribution in [2.24, 2.45) is 0 Å². The van der Waals surface area contributed by atoms with Crippen LogP contribution in [0.25, 0.3) is 0 Å². The topological polar surface area (TPSA) is 73.2 Å². The van der Waals surface area contributed by atoms with Crippen LogP contribution < -0.4 is 9.62 Å². The second kappa shape index (κ2) is 7.23. The fourth-order valence-corrected chi connectivity index (χ4v) is 5.49. The van der Waals surface area contributed by atoms with Gasteiger partial charge in [0.2, 0.25) is 10.0 Å². The van der Waals surface area contributed by atoms with Gasteiger partial charge in [0.05, 0.1) is 23.4 Å². The summed E-state index contributed by atoms with van der Waals surface area (Å²) in [5.41, 5.74) is 5.51. The van der Waals surface area contributed by atoms with Crippen molar-refractivity contribution in [3.8, 4) is 6.07 Å². The van der Waals surface area contributed by atoms with Crippen LogP contribution in [0.1, 0.15) is 60.9 Å². The first kappa shape index (κ1) is 19.0. The van der Waals surface area contributed by atoms with Crippen molar-refractivity contribution in [3.05, 3.63) is 64.7 Å². The van der Waals surface area contributed by atoms with E-state index in [1.54, 1.807) is 6.92 Å². The van der Waals surface area contributed by atoms with Gasteiger partial charge in [0.15, 0.2) is 0 Å². The van der Waals surface area contributed by atoms with Crippen LogP contribution in [0.2, 0.25) is 0 Å². The summed E-state index contributed by atoms with van der Waals surface area (Å²) in [6.07, 6.45) is 1.51. The first-order valence-corrected chi connectivity index (χ1v) is 11.5. The van der Waals surface area contributed by atoms with Crippen molar-refractivity contribution in [2.75, 3.05) is 17.2 Å². The lowest BCUT2D eigenvalue weighted by molar-refractivity contribution is 0.395. The molecular formula is C22H25N3O2S. The molecule has 0 aromatic heterocycles. The van der Waals surface area contributed by atoms with Crippen LogP contribution >= 0.6 is 0 Å². The number of fused-ring (bicyclic) bond motifs is 5. The molecule has 0 radical (unpaired) electrons. The summed E-state index contributed by atoms with van der Waals surface area (Å²) in [4.78, 5) is 2.40. The van der Waals surface area contributed by atoms with Crippen molar-refractivity contribution in [1.29, 1.82) is 5.26 Å². The van der Waals surface area contributed by atoms with Crippen molar-refractivity contribution >= 4 is 15.7 Å². The lowest BCUT2D eigenvalue weighted by Gasteiger charge is -2.41. The lowest BCUT2D eigenvalue weighted by Crippen LogP contribution is -2.46. The van der Waals surface area contributed by atoms with Crippen molar-refractivity contribution in [1.82, 2.24) is 4.72 Å². The Labute approximate surface area is 167 Å². The Balaban J connectivity index is 1.80. The first-order chi connectivity index (χ1) is 13.4. The van der Waals surface area contributed by atoms with Crippen LogP contribution in [0.4, 0.5) is 5.69 Å². The fraction of sp³-hybridized carbons (Fsp3) is 0.409. The fourth-order valence-electron chi connectivity index (χ4n) is 4.60. The van der Waals surface area contributed by atoms with Gasteiger partial charge in [-0.15, -0.1) is 0 Å². The van der Waals surface area contributed by atoms with Gasteiger partial charge in [-0.3, -0.25) is 0 Å². The van der Waals surface area contributed by atoms with Gasteiger partial charge in [0.1, 0.15) is 0 Å². The number of nitriles is 1. The molecular weight excluding hydrogens is 370 g/mol. The molecule has 6 heteroatoms. The smallest absolute Gasteiger partial charge is 0.211 e. The van der Waals surface area contributed by atoms with Crippen LogP contribution in [0.5, 0.6) is 0 Å². The Bertz CT molecular complexity index is 1040. The van der Waals surface area contributed by atoms with E-state index in [1.807, 2.05) is 12.1 Å². The highest BCUT2D eigenvalue weighted by Gasteiger charge is 2.37. The molecule has 0 bridgehead atoms. The molecule has 2 aromatic rings. The summed E-state index contributed by atoms with van der Waals surface area (Å²) in [5, 5.41) is 9.36. The van der Waals surface area contributed by atoms with Gasteiger partial charge in [-0.1, -0.05) is 31.2 Å². The number of piperidine rings is 1. The Morgan fingerprint density at radius 2 is 1.93 bits per heavy atom. The molecule has 0 saturated carbocycles. The monoisotopic (exact) mass is 395 g/mol. The number of hydrogen-bond acceptors (Lipinski definition) is 4. The molecule has 0 unspecified atom stereocenters. The Hall–Kier alpha value is -2.36. The number of anilines is 1. The predicted octanol–water partition coefficient (Wildman–Crippen LogP) is 3.67. The van der Waals surface area contributed by atoms with Crippen molar-refractivity contribution in [2.45, 2.75) is 44.7 Å². The van der Waals surface area contributed by atoms with E-state index >= 15 is 0 Å². The zero-order valence-electron chi connectivity index (χ0n) is 16.2. The van der Waals surface area contributed by atoms with E-state index in [9.17, 15) is 13.7 Å². The molecule has 4 rings (SSSR count). The third-order valence-corrected chi connectivity index (χ3v) is 7.54. The zero-order chi connectivity index (χ0) is 19.9. The van der Waals surface area contributed by atoms with Gasteiger partial charge >= 0.3 is 0 Å². The molecule has 28 heavy (non-hydrogen) atoms. The number of nitrogens with one attached hydrogen (secondary N) is 1. The number of sulfonamides is 1. The second-order valence-corrected chi connectivity index (χ2v) is 9.73. The molecule has 1 fully saturated rings. The van der Waals surface area contributed by atoms with E-state index in [4.69, 9.17) is 0 Å². The van der Waals surface area contributed by atoms with Gasteiger partial charge in [0.25, 0.3) is 0 Å². The molecule has 3 atom stereocenters. The molecule has 2 aliphatic rings. The Morgan fingerprint density at radius 3 is 2.64 bits per heavy atom. The third-order valence-electron chi connectivity index (χ3n) is 6.08. The molecule has 2 aromatic carbocycles. The van der Waals surface area contributed by atoms with Crippen LogP contribution in [0.15, 0.2) is 42.5 Å². The summed E-state index contributed by atoms with van der Waals surface area (Å²) < 4.78 is 27.1. The Kier molecular flexibility index (Phi) is 4.90. The summed E-state index contributed by atoms with van der Waals surface area (Å²) in [7, 11) is -3.23. The van der Waals surface area contributed by atoms with E-state index in [-0.39, 0.29) is 23.8 Å². The summed E-state index contributed by atoms with van der Waals surface area (Å²) in [5.74, 6) is 0.279. The average molecular weight is 396 g/mol. The minimum atomic E-state index is -3.23. The maximum absolute atomic E-state index is 12.1. The molecule has 0 aliphatic carbocycles. The van der Waals surface area contributed by atoms with E-state index in [1.165, 1.54) is 16.7 Å². The van der Waals surface area contributed by atoms with Gasteiger partial charge < -0.3 is 4.90 Å². The van der Waals surface area contributed by atoms with Crippen LogP contribution in [-0.4, -0.2) is 26.8 Å². The zero-order valence-corrected chi connectivity index (χ0v) is 17.0. The number of benzene rings is 2. The van der Waals surface area contributed by atoms with E-state index < -0.39 is 10.0 Å². The molecule has 5 nitrogen and oxygen atoms in total. The van der Waals surface area contributed by atoms with E-state index in [0.717, 1.165) is 25.1 Å². The minimum absolute atomic E-state index is 0.0607. The van der Waals surface area contributed by atoms with Crippen LogP contribution in [0, 0.1) is 11.3 Å². The largest absolute Gasteiger partial charge is 0.364 e. The average Bonchev–Trinajstić information content (AvgIpc) is 2.81. The lowest BCUT2D eigenvalue weighted by atomic mass is 9.86. The first-order valence-electron chi connectivity index (χ1n) is 9.83. The molecule has 0 amide bonds. The maximum atomic E-state index is 12.1. The van der Waals surface area contributed by atoms with Gasteiger partial charge in [-0.25, -0.2) is 13.1 Å². The highest BCUT2D eigenvalue weighted by Crippen LogP contribution is 2.46. The standard InChI is InChI=1S/C22H25N3O2S/c1-3-28(26,27)24-17-10-11-25-21-9-8-16(14-23)12-20(21)15(2)18-6-4-5-7-19(18)22(25)13-17/h4-9,12,15,17,22,24H,3,10-11,13H2,1-2H3/t15-,17-,22-/m1/s1. The molecule has 2 aliphatic heterocycles. The number of nitrogens with zero attached hydrogens (tertiary/aromatic N) is 2. The second-order valence-electron chi connectivity index (χ2n) is 7.69. The van der Waals surface area contributed by atoms with Crippen molar-refractivity contribution < 1.29 is 8.42 Å². The molecule has 146 valence electrons. The maximum Gasteiger partial charge on any atom is 0.211 e. The van der Waals surface area contributed by atoms with E-state index in [2.05, 4.69) is 52.9 Å². The SMILES string of the molecule is CCS(=O)(=O)N[C@@H]1CCN2c3ccc(C#N)cc3[C@H](C)c3ccccc3[C@H]2C1. The predicted molar refractivity (Wildman–Crippen MR) is 111 cm³/mol. The molecule has 0 spiro atoms. The normalized spacial score (nSPS) is 23.8. The number of hydrogen-bond donors (Lipinski definition) is 1. The van der Waals surface area contributed by atoms with Crippen LogP contribution in [-0.2, 0) is 10.0 Å². The summed E-state index contributed by atoms with van der Waals surface area (Å²) in [6, 6.07) is 16.7. The number of rotatable bonds is 3. The van der Waals surface area contributed by atoms with Crippen molar-refractivity contribution in [3.63, 3.8) is 0 Å². The highest BCUT2D eigenvalue weighted by molar-refractivity contribution is 7.89. The summed E-state index contributed by atoms with van der Waals surface area (Å²) >= 11 is 0.